The number of piperazine rings is 1. The van der Waals surface area contributed by atoms with E-state index in [1.165, 1.54) is 19.2 Å². The van der Waals surface area contributed by atoms with Crippen molar-refractivity contribution in [2.45, 2.75) is 30.8 Å². The van der Waals surface area contributed by atoms with E-state index in [1.54, 1.807) is 24.3 Å². The molecule has 1 aliphatic heterocycles. The quantitative estimate of drug-likeness (QED) is 0.545. The van der Waals surface area contributed by atoms with Crippen LogP contribution in [0.3, 0.4) is 0 Å². The SMILES string of the molecule is COc1ccccc1NS(=O)(=O)c1ccc(N2C[C@H](C)NC[C@H]2C)c([N+](=O)[O-])c1. The first-order chi connectivity index (χ1) is 13.7. The molecule has 0 unspecified atom stereocenters. The number of sulfonamides is 1. The monoisotopic (exact) mass is 420 g/mol. The van der Waals surface area contributed by atoms with Crippen molar-refractivity contribution in [1.82, 2.24) is 5.32 Å². The molecule has 0 radical (unpaired) electrons. The summed E-state index contributed by atoms with van der Waals surface area (Å²) < 4.78 is 33.3. The highest BCUT2D eigenvalue weighted by atomic mass is 32.2. The summed E-state index contributed by atoms with van der Waals surface area (Å²) in [5, 5.41) is 15.0. The highest BCUT2D eigenvalue weighted by Gasteiger charge is 2.30. The van der Waals surface area contributed by atoms with Gasteiger partial charge in [0.15, 0.2) is 0 Å². The summed E-state index contributed by atoms with van der Waals surface area (Å²) in [5.41, 5.74) is 0.423. The van der Waals surface area contributed by atoms with E-state index in [0.717, 1.165) is 6.07 Å². The second-order valence-corrected chi connectivity index (χ2v) is 8.71. The van der Waals surface area contributed by atoms with Crippen molar-refractivity contribution in [3.05, 3.63) is 52.6 Å². The van der Waals surface area contributed by atoms with Gasteiger partial charge in [-0.3, -0.25) is 14.8 Å². The zero-order valence-corrected chi connectivity index (χ0v) is 17.3. The minimum absolute atomic E-state index is 0.0408. The van der Waals surface area contributed by atoms with Crippen LogP contribution in [-0.4, -0.2) is 45.6 Å². The number of ether oxygens (including phenoxy) is 1. The van der Waals surface area contributed by atoms with Crippen LogP contribution in [0.4, 0.5) is 17.1 Å². The fourth-order valence-electron chi connectivity index (χ4n) is 3.35. The van der Waals surface area contributed by atoms with Gasteiger partial charge in [-0.2, -0.15) is 0 Å². The lowest BCUT2D eigenvalue weighted by atomic mass is 10.1. The van der Waals surface area contributed by atoms with Gasteiger partial charge in [0.2, 0.25) is 0 Å². The molecule has 9 nitrogen and oxygen atoms in total. The molecule has 2 N–H and O–H groups in total. The summed E-state index contributed by atoms with van der Waals surface area (Å²) in [7, 11) is -2.61. The van der Waals surface area contributed by atoms with Gasteiger partial charge in [0, 0.05) is 31.2 Å². The van der Waals surface area contributed by atoms with E-state index >= 15 is 0 Å². The molecule has 0 bridgehead atoms. The zero-order chi connectivity index (χ0) is 21.2. The Bertz CT molecular complexity index is 1010. The molecule has 1 aliphatic rings. The number of para-hydroxylation sites is 2. The van der Waals surface area contributed by atoms with E-state index in [1.807, 2.05) is 18.7 Å². The van der Waals surface area contributed by atoms with Crippen LogP contribution in [0, 0.1) is 10.1 Å². The molecule has 1 fully saturated rings. The highest BCUT2D eigenvalue weighted by molar-refractivity contribution is 7.92. The van der Waals surface area contributed by atoms with Crippen LogP contribution in [0.15, 0.2) is 47.4 Å². The average molecular weight is 420 g/mol. The number of nitrogens with one attached hydrogen (secondary N) is 2. The van der Waals surface area contributed by atoms with E-state index in [4.69, 9.17) is 4.74 Å². The van der Waals surface area contributed by atoms with Gasteiger partial charge in [0.05, 0.1) is 22.6 Å². The van der Waals surface area contributed by atoms with E-state index < -0.39 is 14.9 Å². The maximum Gasteiger partial charge on any atom is 0.293 e. The van der Waals surface area contributed by atoms with Gasteiger partial charge >= 0.3 is 0 Å². The minimum Gasteiger partial charge on any atom is -0.495 e. The number of hydrogen-bond donors (Lipinski definition) is 2. The topological polar surface area (TPSA) is 114 Å². The van der Waals surface area contributed by atoms with Gasteiger partial charge in [0.1, 0.15) is 11.4 Å². The van der Waals surface area contributed by atoms with Gasteiger partial charge in [0.25, 0.3) is 15.7 Å². The maximum absolute atomic E-state index is 12.8. The Morgan fingerprint density at radius 1 is 1.24 bits per heavy atom. The summed E-state index contributed by atoms with van der Waals surface area (Å²) in [6.45, 7) is 5.25. The summed E-state index contributed by atoms with van der Waals surface area (Å²) in [5.74, 6) is 0.353. The van der Waals surface area contributed by atoms with Crippen LogP contribution in [-0.2, 0) is 10.0 Å². The molecular weight excluding hydrogens is 396 g/mol. The third-order valence-corrected chi connectivity index (χ3v) is 6.24. The Kier molecular flexibility index (Phi) is 5.94. The molecule has 0 saturated carbocycles. The van der Waals surface area contributed by atoms with Crippen molar-refractivity contribution in [2.24, 2.45) is 0 Å². The average Bonchev–Trinajstić information content (AvgIpc) is 2.69. The van der Waals surface area contributed by atoms with Gasteiger partial charge in [-0.1, -0.05) is 12.1 Å². The molecule has 0 aromatic heterocycles. The second-order valence-electron chi connectivity index (χ2n) is 7.02. The van der Waals surface area contributed by atoms with E-state index in [2.05, 4.69) is 10.0 Å². The number of nitro groups is 1. The number of methoxy groups -OCH3 is 1. The van der Waals surface area contributed by atoms with Crippen LogP contribution in [0.5, 0.6) is 5.75 Å². The summed E-state index contributed by atoms with van der Waals surface area (Å²) >= 11 is 0. The van der Waals surface area contributed by atoms with Crippen molar-refractivity contribution < 1.29 is 18.1 Å². The standard InChI is InChI=1S/C19H24N4O5S/c1-13-12-22(14(2)11-20-13)17-9-8-15(10-18(17)23(24)25)29(26,27)21-16-6-4-5-7-19(16)28-3/h4-10,13-14,20-21H,11-12H2,1-3H3/t13-,14+/m0/s1. The van der Waals surface area contributed by atoms with Crippen LogP contribution in [0.1, 0.15) is 13.8 Å². The van der Waals surface area contributed by atoms with Crippen molar-refractivity contribution in [2.75, 3.05) is 29.8 Å². The molecule has 0 aliphatic carbocycles. The van der Waals surface area contributed by atoms with Crippen molar-refractivity contribution in [3.63, 3.8) is 0 Å². The molecule has 156 valence electrons. The van der Waals surface area contributed by atoms with Crippen molar-refractivity contribution in [3.8, 4) is 5.75 Å². The van der Waals surface area contributed by atoms with Crippen LogP contribution in [0.2, 0.25) is 0 Å². The number of benzene rings is 2. The molecular formula is C19H24N4O5S. The molecule has 2 atom stereocenters. The summed E-state index contributed by atoms with van der Waals surface area (Å²) in [6.07, 6.45) is 0. The van der Waals surface area contributed by atoms with Gasteiger partial charge in [-0.05, 0) is 38.1 Å². The number of nitro benzene ring substituents is 1. The molecule has 0 spiro atoms. The van der Waals surface area contributed by atoms with Crippen LogP contribution >= 0.6 is 0 Å². The maximum atomic E-state index is 12.8. The van der Waals surface area contributed by atoms with E-state index in [0.29, 0.717) is 24.5 Å². The lowest BCUT2D eigenvalue weighted by molar-refractivity contribution is -0.384. The second kappa shape index (κ2) is 8.26. The van der Waals surface area contributed by atoms with E-state index in [9.17, 15) is 18.5 Å². The smallest absolute Gasteiger partial charge is 0.293 e. The third kappa shape index (κ3) is 4.43. The molecule has 1 heterocycles. The Morgan fingerprint density at radius 2 is 1.97 bits per heavy atom. The summed E-state index contributed by atoms with van der Waals surface area (Å²) in [6, 6.07) is 10.8. The lowest BCUT2D eigenvalue weighted by Crippen LogP contribution is -2.54. The molecule has 0 amide bonds. The lowest BCUT2D eigenvalue weighted by Gasteiger charge is -2.38. The largest absolute Gasteiger partial charge is 0.495 e. The fraction of sp³-hybridized carbons (Fsp3) is 0.368. The number of rotatable bonds is 6. The predicted molar refractivity (Wildman–Crippen MR) is 111 cm³/mol. The fourth-order valence-corrected chi connectivity index (χ4v) is 4.44. The van der Waals surface area contributed by atoms with Gasteiger partial charge < -0.3 is 15.0 Å². The zero-order valence-electron chi connectivity index (χ0n) is 16.5. The summed E-state index contributed by atoms with van der Waals surface area (Å²) in [4.78, 5) is 12.9. The Hall–Kier alpha value is -2.85. The molecule has 2 aromatic carbocycles. The Balaban J connectivity index is 1.98. The number of anilines is 2. The van der Waals surface area contributed by atoms with Gasteiger partial charge in [-0.25, -0.2) is 8.42 Å². The number of hydrogen-bond acceptors (Lipinski definition) is 7. The number of nitrogens with zero attached hydrogens (tertiary/aromatic N) is 2. The molecule has 29 heavy (non-hydrogen) atoms. The van der Waals surface area contributed by atoms with Crippen molar-refractivity contribution in [1.29, 1.82) is 0 Å². The highest BCUT2D eigenvalue weighted by Crippen LogP contribution is 2.34. The molecule has 3 rings (SSSR count). The Morgan fingerprint density at radius 3 is 2.66 bits per heavy atom. The molecule has 10 heteroatoms. The first kappa shape index (κ1) is 20.9. The predicted octanol–water partition coefficient (Wildman–Crippen LogP) is 2.59. The van der Waals surface area contributed by atoms with E-state index in [-0.39, 0.29) is 28.4 Å². The first-order valence-electron chi connectivity index (χ1n) is 9.17. The Labute approximate surface area is 169 Å². The molecule has 2 aromatic rings. The minimum atomic E-state index is -4.04. The van der Waals surface area contributed by atoms with Gasteiger partial charge in [-0.15, -0.1) is 0 Å². The molecule has 1 saturated heterocycles. The third-order valence-electron chi connectivity index (χ3n) is 4.88. The normalized spacial score (nSPS) is 19.6. The first-order valence-corrected chi connectivity index (χ1v) is 10.7. The van der Waals surface area contributed by atoms with Crippen LogP contribution in [0.25, 0.3) is 0 Å². The van der Waals surface area contributed by atoms with Crippen molar-refractivity contribution >= 4 is 27.1 Å². The van der Waals surface area contributed by atoms with Crippen LogP contribution < -0.4 is 19.7 Å².